The molecule has 0 amide bonds. The van der Waals surface area contributed by atoms with Crippen molar-refractivity contribution in [3.05, 3.63) is 17.7 Å². The number of hydrogen-bond acceptors (Lipinski definition) is 4. The van der Waals surface area contributed by atoms with Gasteiger partial charge >= 0.3 is 5.97 Å². The predicted molar refractivity (Wildman–Crippen MR) is 68.5 cm³/mol. The number of nitrogens with one attached hydrogen (secondary N) is 1. The third-order valence-electron chi connectivity index (χ3n) is 3.71. The molecule has 100 valence electrons. The number of esters is 1. The van der Waals surface area contributed by atoms with Gasteiger partial charge in [-0.3, -0.25) is 4.79 Å². The summed E-state index contributed by atoms with van der Waals surface area (Å²) in [7, 11) is 3.52. The Morgan fingerprint density at radius 1 is 1.61 bits per heavy atom. The molecule has 2 rings (SSSR count). The molecule has 1 unspecified atom stereocenters. The van der Waals surface area contributed by atoms with Crippen molar-refractivity contribution >= 4 is 5.97 Å². The molecule has 2 heterocycles. The minimum Gasteiger partial charge on any atom is -0.468 e. The maximum atomic E-state index is 11.7. The van der Waals surface area contributed by atoms with E-state index in [4.69, 9.17) is 4.74 Å². The fourth-order valence-corrected chi connectivity index (χ4v) is 2.40. The zero-order chi connectivity index (χ0) is 13.3. The SMILES string of the molecule is COC(=O)C(C)(C)c1ncc(C2CCN(C)C2)[nH]1. The number of imidazole rings is 1. The highest BCUT2D eigenvalue weighted by molar-refractivity contribution is 5.80. The van der Waals surface area contributed by atoms with Gasteiger partial charge in [0.15, 0.2) is 0 Å². The van der Waals surface area contributed by atoms with Crippen LogP contribution in [0.5, 0.6) is 0 Å². The van der Waals surface area contributed by atoms with Gasteiger partial charge in [0.1, 0.15) is 11.2 Å². The third-order valence-corrected chi connectivity index (χ3v) is 3.71. The topological polar surface area (TPSA) is 58.2 Å². The van der Waals surface area contributed by atoms with E-state index in [0.717, 1.165) is 25.2 Å². The van der Waals surface area contributed by atoms with E-state index in [0.29, 0.717) is 11.7 Å². The van der Waals surface area contributed by atoms with Crippen LogP contribution in [0.2, 0.25) is 0 Å². The first-order chi connectivity index (χ1) is 8.45. The lowest BCUT2D eigenvalue weighted by atomic mass is 9.93. The molecule has 0 bridgehead atoms. The number of rotatable bonds is 3. The van der Waals surface area contributed by atoms with Crippen LogP contribution in [-0.4, -0.2) is 48.1 Å². The number of methoxy groups -OCH3 is 1. The second-order valence-corrected chi connectivity index (χ2v) is 5.55. The fraction of sp³-hybridized carbons (Fsp3) is 0.692. The van der Waals surface area contributed by atoms with Crippen molar-refractivity contribution in [1.29, 1.82) is 0 Å². The summed E-state index contributed by atoms with van der Waals surface area (Å²) >= 11 is 0. The highest BCUT2D eigenvalue weighted by Crippen LogP contribution is 2.28. The number of likely N-dealkylation sites (tertiary alicyclic amines) is 1. The third kappa shape index (κ3) is 2.27. The normalized spacial score (nSPS) is 21.2. The van der Waals surface area contributed by atoms with E-state index < -0.39 is 5.41 Å². The molecular formula is C13H21N3O2. The minimum atomic E-state index is -0.725. The highest BCUT2D eigenvalue weighted by atomic mass is 16.5. The maximum Gasteiger partial charge on any atom is 0.318 e. The number of aromatic nitrogens is 2. The van der Waals surface area contributed by atoms with E-state index in [1.807, 2.05) is 20.0 Å². The zero-order valence-electron chi connectivity index (χ0n) is 11.5. The molecular weight excluding hydrogens is 230 g/mol. The zero-order valence-corrected chi connectivity index (χ0v) is 11.5. The number of nitrogens with zero attached hydrogens (tertiary/aromatic N) is 2. The first-order valence-electron chi connectivity index (χ1n) is 6.27. The number of carbonyl (C=O) groups is 1. The Kier molecular flexibility index (Phi) is 3.43. The van der Waals surface area contributed by atoms with E-state index >= 15 is 0 Å². The quantitative estimate of drug-likeness (QED) is 0.822. The van der Waals surface area contributed by atoms with Crippen molar-refractivity contribution in [2.24, 2.45) is 0 Å². The summed E-state index contributed by atoms with van der Waals surface area (Å²) in [4.78, 5) is 21.7. The number of H-pyrrole nitrogens is 1. The van der Waals surface area contributed by atoms with Crippen LogP contribution in [0, 0.1) is 0 Å². The first-order valence-corrected chi connectivity index (χ1v) is 6.27. The molecule has 1 saturated heterocycles. The van der Waals surface area contributed by atoms with Crippen LogP contribution < -0.4 is 0 Å². The van der Waals surface area contributed by atoms with Crippen molar-refractivity contribution in [1.82, 2.24) is 14.9 Å². The minimum absolute atomic E-state index is 0.271. The summed E-state index contributed by atoms with van der Waals surface area (Å²) in [6.07, 6.45) is 2.99. The molecule has 0 aliphatic carbocycles. The Hall–Kier alpha value is -1.36. The summed E-state index contributed by atoms with van der Waals surface area (Å²) < 4.78 is 4.81. The van der Waals surface area contributed by atoms with Gasteiger partial charge in [0.25, 0.3) is 0 Å². The van der Waals surface area contributed by atoms with Gasteiger partial charge in [-0.15, -0.1) is 0 Å². The van der Waals surface area contributed by atoms with Crippen LogP contribution in [0.4, 0.5) is 0 Å². The molecule has 1 aliphatic heterocycles. The van der Waals surface area contributed by atoms with Crippen LogP contribution in [0.15, 0.2) is 6.20 Å². The molecule has 1 aromatic rings. The average Bonchev–Trinajstić information content (AvgIpc) is 2.95. The molecule has 0 aromatic carbocycles. The summed E-state index contributed by atoms with van der Waals surface area (Å²) in [6, 6.07) is 0. The number of aromatic amines is 1. The summed E-state index contributed by atoms with van der Waals surface area (Å²) in [6.45, 7) is 5.80. The lowest BCUT2D eigenvalue weighted by Crippen LogP contribution is -2.31. The van der Waals surface area contributed by atoms with Crippen LogP contribution in [-0.2, 0) is 14.9 Å². The van der Waals surface area contributed by atoms with Crippen LogP contribution in [0.1, 0.15) is 37.7 Å². The van der Waals surface area contributed by atoms with E-state index in [9.17, 15) is 4.79 Å². The molecule has 5 heteroatoms. The van der Waals surface area contributed by atoms with Gasteiger partial charge in [0.2, 0.25) is 0 Å². The van der Waals surface area contributed by atoms with Gasteiger partial charge in [0.05, 0.1) is 7.11 Å². The molecule has 0 radical (unpaired) electrons. The van der Waals surface area contributed by atoms with Crippen molar-refractivity contribution < 1.29 is 9.53 Å². The molecule has 1 aromatic heterocycles. The van der Waals surface area contributed by atoms with Gasteiger partial charge < -0.3 is 14.6 Å². The monoisotopic (exact) mass is 251 g/mol. The Bertz CT molecular complexity index is 439. The maximum absolute atomic E-state index is 11.7. The van der Waals surface area contributed by atoms with Gasteiger partial charge in [-0.25, -0.2) is 4.98 Å². The van der Waals surface area contributed by atoms with Crippen LogP contribution in [0.25, 0.3) is 0 Å². The molecule has 1 atom stereocenters. The first kappa shape index (κ1) is 13.1. The summed E-state index contributed by atoms with van der Waals surface area (Å²) in [5, 5.41) is 0. The Balaban J connectivity index is 2.17. The van der Waals surface area contributed by atoms with Gasteiger partial charge in [-0.1, -0.05) is 0 Å². The Morgan fingerprint density at radius 3 is 2.89 bits per heavy atom. The Labute approximate surface area is 108 Å². The van der Waals surface area contributed by atoms with E-state index in [-0.39, 0.29) is 5.97 Å². The van der Waals surface area contributed by atoms with Crippen molar-refractivity contribution in [3.8, 4) is 0 Å². The predicted octanol–water partition coefficient (Wildman–Crippen LogP) is 1.28. The van der Waals surface area contributed by atoms with Crippen molar-refractivity contribution in [2.75, 3.05) is 27.2 Å². The fourth-order valence-electron chi connectivity index (χ4n) is 2.40. The van der Waals surface area contributed by atoms with E-state index in [2.05, 4.69) is 21.9 Å². The Morgan fingerprint density at radius 2 is 2.33 bits per heavy atom. The molecule has 1 fully saturated rings. The molecule has 1 aliphatic rings. The molecule has 0 saturated carbocycles. The lowest BCUT2D eigenvalue weighted by molar-refractivity contribution is -0.146. The number of ether oxygens (including phenoxy) is 1. The van der Waals surface area contributed by atoms with Crippen molar-refractivity contribution in [2.45, 2.75) is 31.6 Å². The summed E-state index contributed by atoms with van der Waals surface area (Å²) in [5.74, 6) is 0.899. The smallest absolute Gasteiger partial charge is 0.318 e. The van der Waals surface area contributed by atoms with E-state index in [1.54, 1.807) is 0 Å². The average molecular weight is 251 g/mol. The van der Waals surface area contributed by atoms with E-state index in [1.165, 1.54) is 7.11 Å². The molecule has 18 heavy (non-hydrogen) atoms. The van der Waals surface area contributed by atoms with Gasteiger partial charge in [-0.2, -0.15) is 0 Å². The number of hydrogen-bond donors (Lipinski definition) is 1. The number of likely N-dealkylation sites (N-methyl/N-ethyl adjacent to an activating group) is 1. The van der Waals surface area contributed by atoms with Crippen LogP contribution >= 0.6 is 0 Å². The molecule has 0 spiro atoms. The lowest BCUT2D eigenvalue weighted by Gasteiger charge is -2.18. The second kappa shape index (κ2) is 4.72. The second-order valence-electron chi connectivity index (χ2n) is 5.55. The molecule has 1 N–H and O–H groups in total. The van der Waals surface area contributed by atoms with Crippen molar-refractivity contribution in [3.63, 3.8) is 0 Å². The largest absolute Gasteiger partial charge is 0.468 e. The number of carbonyl (C=O) groups excluding carboxylic acids is 1. The standard InChI is InChI=1S/C13H21N3O2/c1-13(2,12(17)18-4)11-14-7-10(15-11)9-5-6-16(3)8-9/h7,9H,5-6,8H2,1-4H3,(H,14,15). The summed E-state index contributed by atoms with van der Waals surface area (Å²) in [5.41, 5.74) is 0.392. The highest BCUT2D eigenvalue weighted by Gasteiger charge is 2.35. The van der Waals surface area contributed by atoms with Crippen LogP contribution in [0.3, 0.4) is 0 Å². The van der Waals surface area contributed by atoms with Gasteiger partial charge in [0, 0.05) is 24.4 Å². The van der Waals surface area contributed by atoms with Gasteiger partial charge in [-0.05, 0) is 33.9 Å². The molecule has 5 nitrogen and oxygen atoms in total.